The zero-order chi connectivity index (χ0) is 13.7. The van der Waals surface area contributed by atoms with Crippen LogP contribution in [0.4, 0.5) is 5.13 Å². The van der Waals surface area contributed by atoms with Crippen LogP contribution in [0.15, 0.2) is 5.38 Å². The summed E-state index contributed by atoms with van der Waals surface area (Å²) in [5, 5.41) is 7.36. The van der Waals surface area contributed by atoms with Crippen LogP contribution in [0.1, 0.15) is 36.3 Å². The molecule has 0 bridgehead atoms. The first-order chi connectivity index (χ1) is 9.19. The molecule has 0 aliphatic rings. The van der Waals surface area contributed by atoms with E-state index in [1.165, 1.54) is 16.5 Å². The van der Waals surface area contributed by atoms with Crippen molar-refractivity contribution in [2.75, 3.05) is 19.0 Å². The van der Waals surface area contributed by atoms with E-state index < -0.39 is 0 Å². The Morgan fingerprint density at radius 1 is 1.37 bits per heavy atom. The topological polar surface area (TPSA) is 59.9 Å². The Hall–Kier alpha value is -1.05. The average Bonchev–Trinajstić information content (AvgIpc) is 3.03. The van der Waals surface area contributed by atoms with E-state index in [2.05, 4.69) is 38.9 Å². The predicted octanol–water partition coefficient (Wildman–Crippen LogP) is 2.92. The summed E-state index contributed by atoms with van der Waals surface area (Å²) in [7, 11) is 1.68. The van der Waals surface area contributed by atoms with Crippen molar-refractivity contribution in [2.24, 2.45) is 0 Å². The van der Waals surface area contributed by atoms with Gasteiger partial charge < -0.3 is 10.1 Å². The second-order valence-electron chi connectivity index (χ2n) is 4.44. The minimum atomic E-state index is 0.487. The lowest BCUT2D eigenvalue weighted by Crippen LogP contribution is -2.01. The molecule has 0 amide bonds. The third kappa shape index (κ3) is 4.22. The van der Waals surface area contributed by atoms with E-state index in [9.17, 15) is 0 Å². The summed E-state index contributed by atoms with van der Waals surface area (Å²) >= 11 is 3.09. The van der Waals surface area contributed by atoms with Gasteiger partial charge in [-0.1, -0.05) is 13.8 Å². The van der Waals surface area contributed by atoms with E-state index in [1.807, 2.05) is 0 Å². The van der Waals surface area contributed by atoms with Crippen molar-refractivity contribution in [1.82, 2.24) is 14.3 Å². The van der Waals surface area contributed by atoms with E-state index in [0.29, 0.717) is 19.1 Å². The van der Waals surface area contributed by atoms with Crippen LogP contribution in [0.2, 0.25) is 0 Å². The fraction of sp³-hybridized carbons (Fsp3) is 0.583. The molecule has 5 nitrogen and oxygen atoms in total. The van der Waals surface area contributed by atoms with Gasteiger partial charge in [0.2, 0.25) is 5.13 Å². The number of rotatable bonds is 7. The molecular weight excluding hydrogens is 280 g/mol. The molecule has 0 saturated heterocycles. The second-order valence-corrected chi connectivity index (χ2v) is 6.09. The molecule has 2 rings (SSSR count). The van der Waals surface area contributed by atoms with Crippen LogP contribution < -0.4 is 5.32 Å². The standard InChI is InChI=1S/C12H18N4OS2/c1-8(2)11-14-9(7-18-11)6-13-12-15-10(16-19-12)4-5-17-3/h7-8H,4-6H2,1-3H3,(H,13,15,16). The highest BCUT2D eigenvalue weighted by Crippen LogP contribution is 2.20. The van der Waals surface area contributed by atoms with Crippen LogP contribution in [-0.4, -0.2) is 28.1 Å². The molecule has 0 unspecified atom stereocenters. The highest BCUT2D eigenvalue weighted by Gasteiger charge is 2.07. The third-order valence-corrected chi connectivity index (χ3v) is 4.39. The molecule has 0 aromatic carbocycles. The Balaban J connectivity index is 1.85. The van der Waals surface area contributed by atoms with Crippen molar-refractivity contribution in [3.8, 4) is 0 Å². The molecule has 0 aliphatic heterocycles. The molecular formula is C12H18N4OS2. The Labute approximate surface area is 121 Å². The van der Waals surface area contributed by atoms with Crippen LogP contribution in [0.3, 0.4) is 0 Å². The number of aromatic nitrogens is 3. The average molecular weight is 298 g/mol. The molecule has 0 spiro atoms. The zero-order valence-corrected chi connectivity index (χ0v) is 13.0. The minimum Gasteiger partial charge on any atom is -0.384 e. The van der Waals surface area contributed by atoms with Crippen molar-refractivity contribution in [1.29, 1.82) is 0 Å². The number of nitrogens with one attached hydrogen (secondary N) is 1. The van der Waals surface area contributed by atoms with Crippen molar-refractivity contribution >= 4 is 28.0 Å². The Kier molecular flexibility index (Phi) is 5.24. The maximum Gasteiger partial charge on any atom is 0.202 e. The lowest BCUT2D eigenvalue weighted by Gasteiger charge is -1.99. The largest absolute Gasteiger partial charge is 0.384 e. The summed E-state index contributed by atoms with van der Waals surface area (Å²) in [5.74, 6) is 1.32. The van der Waals surface area contributed by atoms with Crippen molar-refractivity contribution in [2.45, 2.75) is 32.7 Å². The Bertz CT molecular complexity index is 509. The maximum absolute atomic E-state index is 5.01. The number of ether oxygens (including phenoxy) is 1. The first-order valence-corrected chi connectivity index (χ1v) is 7.84. The van der Waals surface area contributed by atoms with Gasteiger partial charge in [-0.2, -0.15) is 4.37 Å². The Morgan fingerprint density at radius 2 is 2.21 bits per heavy atom. The minimum absolute atomic E-state index is 0.487. The molecule has 0 saturated carbocycles. The van der Waals surface area contributed by atoms with Gasteiger partial charge in [-0.05, 0) is 0 Å². The van der Waals surface area contributed by atoms with Gasteiger partial charge in [0.1, 0.15) is 5.82 Å². The van der Waals surface area contributed by atoms with Gasteiger partial charge in [0.25, 0.3) is 0 Å². The molecule has 0 fully saturated rings. The molecule has 0 aliphatic carbocycles. The monoisotopic (exact) mass is 298 g/mol. The lowest BCUT2D eigenvalue weighted by atomic mass is 10.2. The summed E-state index contributed by atoms with van der Waals surface area (Å²) < 4.78 is 9.27. The van der Waals surface area contributed by atoms with Crippen LogP contribution in [-0.2, 0) is 17.7 Å². The van der Waals surface area contributed by atoms with E-state index in [-0.39, 0.29) is 0 Å². The van der Waals surface area contributed by atoms with Crippen LogP contribution in [0, 0.1) is 0 Å². The van der Waals surface area contributed by atoms with Crippen LogP contribution in [0.5, 0.6) is 0 Å². The first kappa shape index (κ1) is 14.4. The number of methoxy groups -OCH3 is 1. The van der Waals surface area contributed by atoms with Gasteiger partial charge in [0.05, 0.1) is 23.9 Å². The Morgan fingerprint density at radius 3 is 2.89 bits per heavy atom. The third-order valence-electron chi connectivity index (χ3n) is 2.48. The van der Waals surface area contributed by atoms with Gasteiger partial charge in [-0.15, -0.1) is 11.3 Å². The number of hydrogen-bond acceptors (Lipinski definition) is 7. The summed E-state index contributed by atoms with van der Waals surface area (Å²) in [6, 6.07) is 0. The summed E-state index contributed by atoms with van der Waals surface area (Å²) in [5.41, 5.74) is 1.06. The smallest absolute Gasteiger partial charge is 0.202 e. The van der Waals surface area contributed by atoms with Gasteiger partial charge in [0, 0.05) is 36.4 Å². The van der Waals surface area contributed by atoms with Gasteiger partial charge in [-0.3, -0.25) is 0 Å². The number of nitrogens with zero attached hydrogens (tertiary/aromatic N) is 3. The van der Waals surface area contributed by atoms with Crippen LogP contribution >= 0.6 is 22.9 Å². The molecule has 7 heteroatoms. The van der Waals surface area contributed by atoms with E-state index in [4.69, 9.17) is 4.74 Å². The molecule has 0 radical (unpaired) electrons. The fourth-order valence-corrected chi connectivity index (χ4v) is 2.90. The molecule has 2 aromatic rings. The van der Waals surface area contributed by atoms with Crippen LogP contribution in [0.25, 0.3) is 0 Å². The van der Waals surface area contributed by atoms with Gasteiger partial charge in [0.15, 0.2) is 0 Å². The van der Waals surface area contributed by atoms with Crippen molar-refractivity contribution in [3.05, 3.63) is 21.9 Å². The fourth-order valence-electron chi connectivity index (χ4n) is 1.46. The second kappa shape index (κ2) is 6.93. The molecule has 19 heavy (non-hydrogen) atoms. The quantitative estimate of drug-likeness (QED) is 0.851. The molecule has 0 atom stereocenters. The van der Waals surface area contributed by atoms with E-state index in [1.54, 1.807) is 18.4 Å². The molecule has 1 N–H and O–H groups in total. The highest BCUT2D eigenvalue weighted by molar-refractivity contribution is 7.10. The summed E-state index contributed by atoms with van der Waals surface area (Å²) in [6.45, 7) is 5.66. The summed E-state index contributed by atoms with van der Waals surface area (Å²) in [6.07, 6.45) is 0.753. The molecule has 104 valence electrons. The van der Waals surface area contributed by atoms with Crippen molar-refractivity contribution in [3.63, 3.8) is 0 Å². The number of anilines is 1. The molecule has 2 heterocycles. The van der Waals surface area contributed by atoms with E-state index in [0.717, 1.165) is 23.1 Å². The van der Waals surface area contributed by atoms with Gasteiger partial charge >= 0.3 is 0 Å². The first-order valence-electron chi connectivity index (χ1n) is 6.18. The highest BCUT2D eigenvalue weighted by atomic mass is 32.1. The van der Waals surface area contributed by atoms with Gasteiger partial charge in [-0.25, -0.2) is 9.97 Å². The number of thiazole rings is 1. The predicted molar refractivity (Wildman–Crippen MR) is 79.0 cm³/mol. The molecule has 2 aromatic heterocycles. The SMILES string of the molecule is COCCc1nsc(NCc2csc(C(C)C)n2)n1. The lowest BCUT2D eigenvalue weighted by molar-refractivity contribution is 0.201. The normalized spacial score (nSPS) is 11.2. The number of hydrogen-bond donors (Lipinski definition) is 1. The maximum atomic E-state index is 5.01. The van der Waals surface area contributed by atoms with E-state index >= 15 is 0 Å². The van der Waals surface area contributed by atoms with Crippen molar-refractivity contribution < 1.29 is 4.74 Å². The summed E-state index contributed by atoms with van der Waals surface area (Å²) in [4.78, 5) is 8.97. The zero-order valence-electron chi connectivity index (χ0n) is 11.3.